The zero-order chi connectivity index (χ0) is 17.9. The Balaban J connectivity index is 1.85. The average Bonchev–Trinajstić information content (AvgIpc) is 2.99. The molecule has 0 aliphatic heterocycles. The van der Waals surface area contributed by atoms with Crippen molar-refractivity contribution in [2.45, 2.75) is 13.5 Å². The standard InChI is InChI=1S/C21H18N4S/c1-15-12-19-20(13-18(15)24-22)26-21(23-17-10-6-3-7-11-17)25(19)14-16-8-4-2-5-9-16/h2-13,22H,14H2,1H3/p+1. The summed E-state index contributed by atoms with van der Waals surface area (Å²) in [5, 5.41) is 8.26. The normalized spacial score (nSPS) is 10.8. The molecular formula is C21H19N4S+. The van der Waals surface area contributed by atoms with Gasteiger partial charge in [0.1, 0.15) is 17.7 Å². The van der Waals surface area contributed by atoms with Crippen LogP contribution in [0.1, 0.15) is 11.1 Å². The molecule has 0 saturated carbocycles. The summed E-state index contributed by atoms with van der Waals surface area (Å²) in [7, 11) is 0. The molecule has 1 aromatic heterocycles. The molecule has 0 saturated heterocycles. The maximum absolute atomic E-state index is 7.39. The summed E-state index contributed by atoms with van der Waals surface area (Å²) in [6, 6.07) is 24.8. The van der Waals surface area contributed by atoms with Gasteiger partial charge in [0.25, 0.3) is 0 Å². The van der Waals surface area contributed by atoms with Gasteiger partial charge in [-0.1, -0.05) is 48.5 Å². The van der Waals surface area contributed by atoms with E-state index in [9.17, 15) is 0 Å². The highest BCUT2D eigenvalue weighted by Crippen LogP contribution is 2.32. The van der Waals surface area contributed by atoms with Gasteiger partial charge in [0, 0.05) is 0 Å². The fourth-order valence-corrected chi connectivity index (χ4v) is 4.10. The van der Waals surface area contributed by atoms with Gasteiger partial charge in [-0.25, -0.2) is 15.4 Å². The molecule has 128 valence electrons. The van der Waals surface area contributed by atoms with Gasteiger partial charge >= 0.3 is 5.13 Å². The Bertz CT molecular complexity index is 1060. The molecule has 26 heavy (non-hydrogen) atoms. The predicted molar refractivity (Wildman–Crippen MR) is 107 cm³/mol. The van der Waals surface area contributed by atoms with Crippen molar-refractivity contribution in [3.05, 3.63) is 83.9 Å². The smallest absolute Gasteiger partial charge is 0.231 e. The van der Waals surface area contributed by atoms with E-state index < -0.39 is 0 Å². The molecule has 4 rings (SSSR count). The Labute approximate surface area is 156 Å². The second-order valence-corrected chi connectivity index (χ2v) is 7.22. The predicted octanol–water partition coefficient (Wildman–Crippen LogP) is 5.95. The minimum Gasteiger partial charge on any atom is -0.231 e. The van der Waals surface area contributed by atoms with Crippen molar-refractivity contribution < 1.29 is 4.57 Å². The number of anilines is 2. The van der Waals surface area contributed by atoms with Gasteiger partial charge in [0.15, 0.2) is 0 Å². The van der Waals surface area contributed by atoms with E-state index in [1.54, 1.807) is 11.3 Å². The second-order valence-electron chi connectivity index (χ2n) is 6.19. The largest absolute Gasteiger partial charge is 0.340 e. The topological polar surface area (TPSA) is 52.1 Å². The molecule has 5 heteroatoms. The Hall–Kier alpha value is -3.05. The lowest BCUT2D eigenvalue weighted by Gasteiger charge is -2.05. The Morgan fingerprint density at radius 2 is 1.69 bits per heavy atom. The summed E-state index contributed by atoms with van der Waals surface area (Å²) in [4.78, 5) is 0. The molecule has 0 aliphatic carbocycles. The van der Waals surface area contributed by atoms with E-state index in [0.29, 0.717) is 0 Å². The minimum absolute atomic E-state index is 0.719. The molecule has 0 bridgehead atoms. The van der Waals surface area contributed by atoms with E-state index in [0.717, 1.165) is 38.8 Å². The van der Waals surface area contributed by atoms with E-state index in [1.807, 2.05) is 37.3 Å². The molecule has 0 radical (unpaired) electrons. The van der Waals surface area contributed by atoms with Gasteiger partial charge in [-0.05, 0) is 53.7 Å². The lowest BCUT2D eigenvalue weighted by atomic mass is 10.2. The molecule has 3 aromatic carbocycles. The van der Waals surface area contributed by atoms with E-state index in [1.165, 1.54) is 5.56 Å². The molecule has 0 spiro atoms. The molecule has 0 unspecified atom stereocenters. The van der Waals surface area contributed by atoms with Gasteiger partial charge in [-0.15, -0.1) is 0 Å². The number of rotatable bonds is 5. The van der Waals surface area contributed by atoms with Crippen LogP contribution in [-0.2, 0) is 6.54 Å². The quantitative estimate of drug-likeness (QED) is 0.336. The van der Waals surface area contributed by atoms with Crippen LogP contribution in [0.4, 0.5) is 16.5 Å². The van der Waals surface area contributed by atoms with Gasteiger partial charge < -0.3 is 0 Å². The van der Waals surface area contributed by atoms with Crippen LogP contribution in [-0.4, -0.2) is 0 Å². The third-order valence-electron chi connectivity index (χ3n) is 4.35. The first kappa shape index (κ1) is 16.4. The lowest BCUT2D eigenvalue weighted by Crippen LogP contribution is -2.35. The van der Waals surface area contributed by atoms with Crippen LogP contribution in [0.25, 0.3) is 10.2 Å². The molecule has 4 nitrogen and oxygen atoms in total. The lowest BCUT2D eigenvalue weighted by molar-refractivity contribution is -0.644. The number of hydrogen-bond acceptors (Lipinski definition) is 4. The first-order valence-electron chi connectivity index (χ1n) is 8.45. The number of benzene rings is 3. The monoisotopic (exact) mass is 359 g/mol. The van der Waals surface area contributed by atoms with Crippen LogP contribution in [0.5, 0.6) is 0 Å². The van der Waals surface area contributed by atoms with E-state index >= 15 is 0 Å². The molecular weight excluding hydrogens is 340 g/mol. The van der Waals surface area contributed by atoms with Crippen LogP contribution in [0.3, 0.4) is 0 Å². The minimum atomic E-state index is 0.719. The Morgan fingerprint density at radius 3 is 2.38 bits per heavy atom. The van der Waals surface area contributed by atoms with E-state index in [-0.39, 0.29) is 0 Å². The fraction of sp³-hybridized carbons (Fsp3) is 0.0952. The summed E-state index contributed by atoms with van der Waals surface area (Å²) in [6.07, 6.45) is 0. The third-order valence-corrected chi connectivity index (χ3v) is 5.41. The van der Waals surface area contributed by atoms with Crippen LogP contribution < -0.4 is 9.88 Å². The van der Waals surface area contributed by atoms with Crippen molar-refractivity contribution in [1.29, 1.82) is 5.53 Å². The van der Waals surface area contributed by atoms with E-state index in [4.69, 9.17) is 5.53 Å². The molecule has 0 atom stereocenters. The van der Waals surface area contributed by atoms with Crippen molar-refractivity contribution in [2.75, 3.05) is 5.32 Å². The maximum atomic E-state index is 7.39. The Kier molecular flexibility index (Phi) is 4.46. The molecule has 2 N–H and O–H groups in total. The van der Waals surface area contributed by atoms with Crippen LogP contribution in [0.2, 0.25) is 0 Å². The molecule has 0 fully saturated rings. The number of aromatic nitrogens is 1. The zero-order valence-corrected chi connectivity index (χ0v) is 15.3. The maximum Gasteiger partial charge on any atom is 0.340 e. The first-order chi connectivity index (χ1) is 12.7. The van der Waals surface area contributed by atoms with Gasteiger partial charge in [0.2, 0.25) is 0 Å². The molecule has 1 heterocycles. The summed E-state index contributed by atoms with van der Waals surface area (Å²) in [5.74, 6) is 0. The average molecular weight is 359 g/mol. The number of nitrogens with one attached hydrogen (secondary N) is 2. The van der Waals surface area contributed by atoms with Crippen LogP contribution >= 0.6 is 11.3 Å². The van der Waals surface area contributed by atoms with Crippen molar-refractivity contribution in [1.82, 2.24) is 0 Å². The van der Waals surface area contributed by atoms with Crippen molar-refractivity contribution >= 4 is 38.1 Å². The second kappa shape index (κ2) is 7.06. The zero-order valence-electron chi connectivity index (χ0n) is 14.4. The van der Waals surface area contributed by atoms with Crippen molar-refractivity contribution in [2.24, 2.45) is 5.11 Å². The van der Waals surface area contributed by atoms with E-state index in [2.05, 4.69) is 57.5 Å². The highest BCUT2D eigenvalue weighted by molar-refractivity contribution is 7.21. The van der Waals surface area contributed by atoms with Gasteiger partial charge in [-0.3, -0.25) is 0 Å². The fourth-order valence-electron chi connectivity index (χ4n) is 3.00. The SMILES string of the molecule is Cc1cc2c(cc1N=N)sc(Nc1ccccc1)[n+]2Cc1ccccc1. The summed E-state index contributed by atoms with van der Waals surface area (Å²) in [6.45, 7) is 2.79. The molecule has 0 aliphatic rings. The van der Waals surface area contributed by atoms with Crippen LogP contribution in [0.15, 0.2) is 77.9 Å². The van der Waals surface area contributed by atoms with Gasteiger partial charge in [0.05, 0.1) is 10.4 Å². The number of thiazole rings is 1. The Morgan fingerprint density at radius 1 is 1.00 bits per heavy atom. The number of fused-ring (bicyclic) bond motifs is 1. The first-order valence-corrected chi connectivity index (χ1v) is 9.27. The van der Waals surface area contributed by atoms with Crippen molar-refractivity contribution in [3.63, 3.8) is 0 Å². The summed E-state index contributed by atoms with van der Waals surface area (Å²) >= 11 is 1.68. The van der Waals surface area contributed by atoms with Crippen molar-refractivity contribution in [3.8, 4) is 0 Å². The molecule has 4 aromatic rings. The number of para-hydroxylation sites is 1. The number of aryl methyl sites for hydroxylation is 1. The highest BCUT2D eigenvalue weighted by Gasteiger charge is 2.20. The number of hydrogen-bond donors (Lipinski definition) is 2. The number of nitrogens with zero attached hydrogens (tertiary/aromatic N) is 2. The van der Waals surface area contributed by atoms with Gasteiger partial charge in [-0.2, -0.15) is 5.11 Å². The highest BCUT2D eigenvalue weighted by atomic mass is 32.1. The summed E-state index contributed by atoms with van der Waals surface area (Å²) < 4.78 is 3.42. The third kappa shape index (κ3) is 3.21. The molecule has 0 amide bonds. The summed E-state index contributed by atoms with van der Waals surface area (Å²) in [5.41, 5.74) is 12.6. The van der Waals surface area contributed by atoms with Crippen LogP contribution in [0, 0.1) is 12.5 Å².